The van der Waals surface area contributed by atoms with Gasteiger partial charge >= 0.3 is 0 Å². The Morgan fingerprint density at radius 2 is 1.59 bits per heavy atom. The minimum absolute atomic E-state index is 0.0211. The molecule has 4 atom stereocenters. The number of nitrogens with zero attached hydrogens (tertiary/aromatic N) is 2. The Balaban J connectivity index is 1.52. The molecular formula is C23H33N3O3. The van der Waals surface area contributed by atoms with E-state index in [9.17, 15) is 14.4 Å². The van der Waals surface area contributed by atoms with Gasteiger partial charge in [-0.15, -0.1) is 0 Å². The molecule has 0 bridgehead atoms. The van der Waals surface area contributed by atoms with E-state index in [-0.39, 0.29) is 41.6 Å². The van der Waals surface area contributed by atoms with Gasteiger partial charge in [-0.1, -0.05) is 44.2 Å². The maximum absolute atomic E-state index is 13.1. The van der Waals surface area contributed by atoms with Crippen LogP contribution in [-0.2, 0) is 14.4 Å². The van der Waals surface area contributed by atoms with E-state index in [0.717, 1.165) is 25.8 Å². The molecule has 2 heterocycles. The van der Waals surface area contributed by atoms with Crippen LogP contribution in [0.15, 0.2) is 30.3 Å². The molecule has 6 nitrogen and oxygen atoms in total. The second-order valence-corrected chi connectivity index (χ2v) is 8.43. The lowest BCUT2D eigenvalue weighted by Crippen LogP contribution is -2.59. The highest BCUT2D eigenvalue weighted by atomic mass is 16.2. The SMILES string of the molecule is CNC(=O)C1CCN1C(=O)C(C)CCC(C)C(=O)N1CCCC1c1ccccc1. The van der Waals surface area contributed by atoms with Gasteiger partial charge < -0.3 is 15.1 Å². The molecular weight excluding hydrogens is 366 g/mol. The van der Waals surface area contributed by atoms with Gasteiger partial charge in [0.1, 0.15) is 6.04 Å². The highest BCUT2D eigenvalue weighted by molar-refractivity contribution is 5.90. The summed E-state index contributed by atoms with van der Waals surface area (Å²) in [5.74, 6) is -0.181. The molecule has 6 heteroatoms. The van der Waals surface area contributed by atoms with Crippen molar-refractivity contribution in [2.45, 2.75) is 58.0 Å². The number of rotatable bonds is 7. The molecule has 0 aliphatic carbocycles. The summed E-state index contributed by atoms with van der Waals surface area (Å²) >= 11 is 0. The first-order valence-corrected chi connectivity index (χ1v) is 10.8. The third-order valence-corrected chi connectivity index (χ3v) is 6.45. The van der Waals surface area contributed by atoms with Crippen LogP contribution in [0.2, 0.25) is 0 Å². The fourth-order valence-corrected chi connectivity index (χ4v) is 4.46. The largest absolute Gasteiger partial charge is 0.357 e. The van der Waals surface area contributed by atoms with E-state index >= 15 is 0 Å². The van der Waals surface area contributed by atoms with Crippen molar-refractivity contribution in [2.24, 2.45) is 11.8 Å². The molecule has 1 aromatic rings. The number of likely N-dealkylation sites (tertiary alicyclic amines) is 2. The van der Waals surface area contributed by atoms with E-state index in [1.165, 1.54) is 5.56 Å². The number of likely N-dealkylation sites (N-methyl/N-ethyl adjacent to an activating group) is 1. The number of carbonyl (C=O) groups excluding carboxylic acids is 3. The fourth-order valence-electron chi connectivity index (χ4n) is 4.46. The summed E-state index contributed by atoms with van der Waals surface area (Å²) in [6, 6.07) is 10.1. The molecule has 29 heavy (non-hydrogen) atoms. The highest BCUT2D eigenvalue weighted by Crippen LogP contribution is 2.33. The van der Waals surface area contributed by atoms with Gasteiger partial charge in [-0.05, 0) is 37.7 Å². The smallest absolute Gasteiger partial charge is 0.242 e. The lowest BCUT2D eigenvalue weighted by Gasteiger charge is -2.41. The van der Waals surface area contributed by atoms with Crippen LogP contribution in [0, 0.1) is 11.8 Å². The maximum atomic E-state index is 13.1. The Morgan fingerprint density at radius 3 is 2.14 bits per heavy atom. The fraction of sp³-hybridized carbons (Fsp3) is 0.609. The van der Waals surface area contributed by atoms with Gasteiger partial charge in [0.25, 0.3) is 0 Å². The molecule has 2 aliphatic rings. The van der Waals surface area contributed by atoms with Crippen molar-refractivity contribution in [2.75, 3.05) is 20.1 Å². The number of carbonyl (C=O) groups is 3. The zero-order chi connectivity index (χ0) is 21.0. The van der Waals surface area contributed by atoms with E-state index in [1.807, 2.05) is 36.9 Å². The van der Waals surface area contributed by atoms with E-state index in [2.05, 4.69) is 17.4 Å². The number of hydrogen-bond acceptors (Lipinski definition) is 3. The molecule has 158 valence electrons. The summed E-state index contributed by atoms with van der Waals surface area (Å²) in [7, 11) is 1.60. The number of benzene rings is 1. The molecule has 0 radical (unpaired) electrons. The summed E-state index contributed by atoms with van der Waals surface area (Å²) < 4.78 is 0. The number of amides is 3. The average molecular weight is 400 g/mol. The Morgan fingerprint density at radius 1 is 0.966 bits per heavy atom. The van der Waals surface area contributed by atoms with E-state index < -0.39 is 0 Å². The van der Waals surface area contributed by atoms with Crippen molar-refractivity contribution >= 4 is 17.7 Å². The molecule has 1 aromatic carbocycles. The lowest BCUT2D eigenvalue weighted by molar-refractivity contribution is -0.150. The quantitative estimate of drug-likeness (QED) is 0.766. The molecule has 2 fully saturated rings. The van der Waals surface area contributed by atoms with Crippen LogP contribution < -0.4 is 5.32 Å². The Labute approximate surface area is 173 Å². The first-order valence-electron chi connectivity index (χ1n) is 10.8. The predicted octanol–water partition coefficient (Wildman–Crippen LogP) is 2.75. The van der Waals surface area contributed by atoms with E-state index in [4.69, 9.17) is 0 Å². The molecule has 0 spiro atoms. The Hall–Kier alpha value is -2.37. The van der Waals surface area contributed by atoms with Crippen LogP contribution in [0.3, 0.4) is 0 Å². The van der Waals surface area contributed by atoms with Crippen LogP contribution in [0.4, 0.5) is 0 Å². The van der Waals surface area contributed by atoms with Crippen LogP contribution in [-0.4, -0.2) is 53.7 Å². The molecule has 3 amide bonds. The van der Waals surface area contributed by atoms with Gasteiger partial charge in [0.2, 0.25) is 17.7 Å². The standard InChI is InChI=1S/C23H33N3O3/c1-16(11-12-17(2)23(29)26-15-13-20(26)21(27)24-3)22(28)25-14-7-10-19(25)18-8-5-4-6-9-18/h4-6,8-9,16-17,19-20H,7,10-15H2,1-3H3,(H,24,27). The normalized spacial score (nSPS) is 23.3. The molecule has 4 unspecified atom stereocenters. The molecule has 0 aromatic heterocycles. The predicted molar refractivity (Wildman–Crippen MR) is 112 cm³/mol. The van der Waals surface area contributed by atoms with Crippen molar-refractivity contribution in [1.82, 2.24) is 15.1 Å². The number of hydrogen-bond donors (Lipinski definition) is 1. The van der Waals surface area contributed by atoms with Gasteiger partial charge in [0, 0.05) is 32.0 Å². The molecule has 2 aliphatic heterocycles. The van der Waals surface area contributed by atoms with Gasteiger partial charge in [-0.25, -0.2) is 0 Å². The second-order valence-electron chi connectivity index (χ2n) is 8.43. The third kappa shape index (κ3) is 4.62. The summed E-state index contributed by atoms with van der Waals surface area (Å²) in [5, 5.41) is 2.62. The molecule has 2 saturated heterocycles. The Bertz CT molecular complexity index is 736. The number of nitrogens with one attached hydrogen (secondary N) is 1. The van der Waals surface area contributed by atoms with Crippen LogP contribution in [0.1, 0.15) is 57.6 Å². The van der Waals surface area contributed by atoms with Gasteiger partial charge in [-0.2, -0.15) is 0 Å². The zero-order valence-electron chi connectivity index (χ0n) is 17.8. The highest BCUT2D eigenvalue weighted by Gasteiger charge is 2.39. The lowest BCUT2D eigenvalue weighted by atomic mass is 9.93. The van der Waals surface area contributed by atoms with Crippen LogP contribution in [0.5, 0.6) is 0 Å². The third-order valence-electron chi connectivity index (χ3n) is 6.45. The first kappa shape index (κ1) is 21.3. The van der Waals surface area contributed by atoms with Gasteiger partial charge in [-0.3, -0.25) is 14.4 Å². The summed E-state index contributed by atoms with van der Waals surface area (Å²) in [4.78, 5) is 41.3. The van der Waals surface area contributed by atoms with E-state index in [0.29, 0.717) is 19.4 Å². The van der Waals surface area contributed by atoms with Crippen molar-refractivity contribution in [3.8, 4) is 0 Å². The van der Waals surface area contributed by atoms with Crippen molar-refractivity contribution in [3.05, 3.63) is 35.9 Å². The first-order chi connectivity index (χ1) is 13.9. The van der Waals surface area contributed by atoms with Gasteiger partial charge in [0.15, 0.2) is 0 Å². The minimum atomic E-state index is -0.328. The molecule has 0 saturated carbocycles. The topological polar surface area (TPSA) is 69.7 Å². The maximum Gasteiger partial charge on any atom is 0.242 e. The van der Waals surface area contributed by atoms with Crippen LogP contribution in [0.25, 0.3) is 0 Å². The van der Waals surface area contributed by atoms with Crippen molar-refractivity contribution in [3.63, 3.8) is 0 Å². The second kappa shape index (κ2) is 9.42. The summed E-state index contributed by atoms with van der Waals surface area (Å²) in [6.07, 6.45) is 4.10. The minimum Gasteiger partial charge on any atom is -0.357 e. The van der Waals surface area contributed by atoms with Crippen molar-refractivity contribution < 1.29 is 14.4 Å². The van der Waals surface area contributed by atoms with Gasteiger partial charge in [0.05, 0.1) is 6.04 Å². The summed E-state index contributed by atoms with van der Waals surface area (Å²) in [6.45, 7) is 5.32. The Kier molecular flexibility index (Phi) is 6.93. The van der Waals surface area contributed by atoms with E-state index in [1.54, 1.807) is 11.9 Å². The summed E-state index contributed by atoms with van der Waals surface area (Å²) in [5.41, 5.74) is 1.20. The molecule has 3 rings (SSSR count). The van der Waals surface area contributed by atoms with Crippen LogP contribution >= 0.6 is 0 Å². The van der Waals surface area contributed by atoms with Crippen molar-refractivity contribution in [1.29, 1.82) is 0 Å². The monoisotopic (exact) mass is 399 g/mol. The zero-order valence-corrected chi connectivity index (χ0v) is 17.8. The molecule has 1 N–H and O–H groups in total. The average Bonchev–Trinajstić information content (AvgIpc) is 3.20.